The van der Waals surface area contributed by atoms with Crippen LogP contribution in [0.2, 0.25) is 0 Å². The van der Waals surface area contributed by atoms with Gasteiger partial charge in [-0.3, -0.25) is 9.59 Å². The fraction of sp³-hybridized carbons (Fsp3) is 0.391. The molecule has 0 aliphatic carbocycles. The molecule has 0 saturated carbocycles. The smallest absolute Gasteiger partial charge is 0.339 e. The highest BCUT2D eigenvalue weighted by molar-refractivity contribution is 5.95. The largest absolute Gasteiger partial charge is 0.416 e. The summed E-state index contributed by atoms with van der Waals surface area (Å²) < 4.78 is 38.1. The van der Waals surface area contributed by atoms with Gasteiger partial charge in [0.05, 0.1) is 5.56 Å². The number of likely N-dealkylation sites (tertiary alicyclic amines) is 1. The third-order valence-corrected chi connectivity index (χ3v) is 5.33. The molecule has 0 unspecified atom stereocenters. The summed E-state index contributed by atoms with van der Waals surface area (Å²) in [4.78, 5) is 28.8. The number of carbonyl (C=O) groups is 2. The second kappa shape index (κ2) is 9.51. The van der Waals surface area contributed by atoms with E-state index in [1.807, 2.05) is 38.4 Å². The number of hydrogen-bond acceptors (Lipinski definition) is 3. The number of benzene rings is 2. The molecular formula is C23H26F3N3O2. The summed E-state index contributed by atoms with van der Waals surface area (Å²) in [6.07, 6.45) is -3.41. The van der Waals surface area contributed by atoms with Crippen LogP contribution >= 0.6 is 0 Å². The topological polar surface area (TPSA) is 52.7 Å². The van der Waals surface area contributed by atoms with Gasteiger partial charge < -0.3 is 15.1 Å². The molecule has 31 heavy (non-hydrogen) atoms. The van der Waals surface area contributed by atoms with E-state index in [9.17, 15) is 22.8 Å². The zero-order chi connectivity index (χ0) is 22.6. The van der Waals surface area contributed by atoms with Crippen molar-refractivity contribution in [3.63, 3.8) is 0 Å². The van der Waals surface area contributed by atoms with Crippen LogP contribution in [0.15, 0.2) is 48.5 Å². The fourth-order valence-electron chi connectivity index (χ4n) is 3.63. The number of anilines is 1. The van der Waals surface area contributed by atoms with Gasteiger partial charge in [-0.15, -0.1) is 0 Å². The van der Waals surface area contributed by atoms with Gasteiger partial charge in [0.2, 0.25) is 5.91 Å². The van der Waals surface area contributed by atoms with Gasteiger partial charge >= 0.3 is 6.18 Å². The molecule has 2 aromatic carbocycles. The van der Waals surface area contributed by atoms with E-state index in [1.54, 1.807) is 4.90 Å². The first-order valence-electron chi connectivity index (χ1n) is 10.1. The van der Waals surface area contributed by atoms with Crippen molar-refractivity contribution >= 4 is 17.5 Å². The first kappa shape index (κ1) is 22.8. The maximum atomic E-state index is 12.7. The van der Waals surface area contributed by atoms with Crippen molar-refractivity contribution in [2.45, 2.75) is 25.6 Å². The predicted octanol–water partition coefficient (Wildman–Crippen LogP) is 4.26. The Morgan fingerprint density at radius 2 is 1.58 bits per heavy atom. The second-order valence-electron chi connectivity index (χ2n) is 8.07. The van der Waals surface area contributed by atoms with E-state index < -0.39 is 11.7 Å². The molecule has 0 aromatic heterocycles. The van der Waals surface area contributed by atoms with Gasteiger partial charge in [0, 0.05) is 36.8 Å². The third kappa shape index (κ3) is 6.07. The molecule has 2 amide bonds. The van der Waals surface area contributed by atoms with Crippen molar-refractivity contribution < 1.29 is 22.8 Å². The summed E-state index contributed by atoms with van der Waals surface area (Å²) in [5.74, 6) is -0.607. The number of nitrogens with zero attached hydrogens (tertiary/aromatic N) is 2. The highest BCUT2D eigenvalue weighted by Crippen LogP contribution is 2.29. The molecule has 1 aliphatic heterocycles. The fourth-order valence-corrected chi connectivity index (χ4v) is 3.63. The summed E-state index contributed by atoms with van der Waals surface area (Å²) in [5.41, 5.74) is 1.32. The van der Waals surface area contributed by atoms with Gasteiger partial charge in [-0.1, -0.05) is 12.1 Å². The molecule has 0 atom stereocenters. The Morgan fingerprint density at radius 3 is 2.10 bits per heavy atom. The number of alkyl halides is 3. The SMILES string of the molecule is CN(C)Cc1ccc(NC(=O)C2CCN(C(=O)c3ccc(C(F)(F)F)cc3)CC2)cc1. The molecule has 2 aromatic rings. The highest BCUT2D eigenvalue weighted by atomic mass is 19.4. The minimum absolute atomic E-state index is 0.0815. The van der Waals surface area contributed by atoms with Crippen LogP contribution in [-0.4, -0.2) is 48.8 Å². The maximum absolute atomic E-state index is 12.7. The van der Waals surface area contributed by atoms with Crippen LogP contribution in [0.3, 0.4) is 0 Å². The average molecular weight is 433 g/mol. The van der Waals surface area contributed by atoms with Gasteiger partial charge in [-0.25, -0.2) is 0 Å². The first-order chi connectivity index (χ1) is 14.6. The van der Waals surface area contributed by atoms with E-state index >= 15 is 0 Å². The van der Waals surface area contributed by atoms with Crippen molar-refractivity contribution in [3.05, 3.63) is 65.2 Å². The number of amides is 2. The normalized spacial score (nSPS) is 15.2. The molecule has 1 aliphatic rings. The van der Waals surface area contributed by atoms with Crippen molar-refractivity contribution in [2.24, 2.45) is 5.92 Å². The maximum Gasteiger partial charge on any atom is 0.416 e. The van der Waals surface area contributed by atoms with E-state index in [-0.39, 0.29) is 23.3 Å². The minimum atomic E-state index is -4.43. The highest BCUT2D eigenvalue weighted by Gasteiger charge is 2.31. The predicted molar refractivity (Wildman–Crippen MR) is 113 cm³/mol. The minimum Gasteiger partial charge on any atom is -0.339 e. The summed E-state index contributed by atoms with van der Waals surface area (Å²) in [6.45, 7) is 1.60. The number of carbonyl (C=O) groups excluding carboxylic acids is 2. The number of rotatable bonds is 5. The Bertz CT molecular complexity index is 901. The van der Waals surface area contributed by atoms with Crippen molar-refractivity contribution in [2.75, 3.05) is 32.5 Å². The first-order valence-corrected chi connectivity index (χ1v) is 10.1. The molecule has 1 heterocycles. The average Bonchev–Trinajstić information content (AvgIpc) is 2.74. The zero-order valence-electron chi connectivity index (χ0n) is 17.6. The van der Waals surface area contributed by atoms with Gasteiger partial charge in [-0.05, 0) is 68.9 Å². The molecule has 0 radical (unpaired) electrons. The van der Waals surface area contributed by atoms with Gasteiger partial charge in [-0.2, -0.15) is 13.2 Å². The number of piperidine rings is 1. The van der Waals surface area contributed by atoms with Crippen LogP contribution in [0.25, 0.3) is 0 Å². The lowest BCUT2D eigenvalue weighted by Gasteiger charge is -2.31. The lowest BCUT2D eigenvalue weighted by Crippen LogP contribution is -2.41. The van der Waals surface area contributed by atoms with Crippen molar-refractivity contribution in [1.82, 2.24) is 9.80 Å². The molecule has 1 N–H and O–H groups in total. The number of hydrogen-bond donors (Lipinski definition) is 1. The van der Waals surface area contributed by atoms with E-state index in [1.165, 1.54) is 12.1 Å². The van der Waals surface area contributed by atoms with E-state index in [4.69, 9.17) is 0 Å². The third-order valence-electron chi connectivity index (χ3n) is 5.33. The van der Waals surface area contributed by atoms with Crippen LogP contribution in [-0.2, 0) is 17.5 Å². The molecule has 1 fully saturated rings. The van der Waals surface area contributed by atoms with Gasteiger partial charge in [0.25, 0.3) is 5.91 Å². The lowest BCUT2D eigenvalue weighted by atomic mass is 9.95. The molecule has 5 nitrogen and oxygen atoms in total. The number of nitrogens with one attached hydrogen (secondary N) is 1. The summed E-state index contributed by atoms with van der Waals surface area (Å²) in [6, 6.07) is 11.9. The van der Waals surface area contributed by atoms with Crippen molar-refractivity contribution in [1.29, 1.82) is 0 Å². The van der Waals surface area contributed by atoms with Crippen LogP contribution in [0.5, 0.6) is 0 Å². The standard InChI is InChI=1S/C23H26F3N3O2/c1-28(2)15-16-3-9-20(10-4-16)27-21(30)17-11-13-29(14-12-17)22(31)18-5-7-19(8-6-18)23(24,25)26/h3-10,17H,11-15H2,1-2H3,(H,27,30). The van der Waals surface area contributed by atoms with Crippen LogP contribution in [0, 0.1) is 5.92 Å². The summed E-state index contributed by atoms with van der Waals surface area (Å²) in [7, 11) is 3.98. The Kier molecular flexibility index (Phi) is 7.00. The monoisotopic (exact) mass is 433 g/mol. The van der Waals surface area contributed by atoms with Crippen LogP contribution < -0.4 is 5.32 Å². The summed E-state index contributed by atoms with van der Waals surface area (Å²) in [5, 5.41) is 2.93. The Morgan fingerprint density at radius 1 is 1.00 bits per heavy atom. The van der Waals surface area contributed by atoms with E-state index in [0.717, 1.165) is 29.9 Å². The van der Waals surface area contributed by atoms with Crippen LogP contribution in [0.1, 0.15) is 34.3 Å². The molecule has 1 saturated heterocycles. The Hall–Kier alpha value is -2.87. The van der Waals surface area contributed by atoms with Gasteiger partial charge in [0.15, 0.2) is 0 Å². The second-order valence-corrected chi connectivity index (χ2v) is 8.07. The Balaban J connectivity index is 1.51. The zero-order valence-corrected chi connectivity index (χ0v) is 17.6. The number of halogens is 3. The summed E-state index contributed by atoms with van der Waals surface area (Å²) >= 11 is 0. The molecule has 166 valence electrons. The molecule has 8 heteroatoms. The molecule has 0 bridgehead atoms. The van der Waals surface area contributed by atoms with E-state index in [2.05, 4.69) is 10.2 Å². The Labute approximate surface area is 179 Å². The lowest BCUT2D eigenvalue weighted by molar-refractivity contribution is -0.137. The molecule has 3 rings (SSSR count). The van der Waals surface area contributed by atoms with Crippen molar-refractivity contribution in [3.8, 4) is 0 Å². The molecule has 0 spiro atoms. The van der Waals surface area contributed by atoms with Gasteiger partial charge in [0.1, 0.15) is 0 Å². The van der Waals surface area contributed by atoms with Crippen LogP contribution in [0.4, 0.5) is 18.9 Å². The quantitative estimate of drug-likeness (QED) is 0.767. The molecular weight excluding hydrogens is 407 g/mol. The van der Waals surface area contributed by atoms with E-state index in [0.29, 0.717) is 25.9 Å².